The largest absolute Gasteiger partial charge is 0.349 e. The Kier molecular flexibility index (Phi) is 2.66. The summed E-state index contributed by atoms with van der Waals surface area (Å²) in [6.07, 6.45) is 3.45. The molecule has 13 heavy (non-hydrogen) atoms. The lowest BCUT2D eigenvalue weighted by atomic mass is 9.78. The number of hydrogen-bond acceptors (Lipinski definition) is 2. The van der Waals surface area contributed by atoms with E-state index < -0.39 is 5.54 Å². The van der Waals surface area contributed by atoms with Crippen molar-refractivity contribution in [3.05, 3.63) is 0 Å². The molecule has 0 unspecified atom stereocenters. The number of likely N-dealkylation sites (N-methyl/N-ethyl adjacent to an activating group) is 1. The average molecular weight is 184 g/mol. The second-order valence-electron chi connectivity index (χ2n) is 4.74. The van der Waals surface area contributed by atoms with Gasteiger partial charge in [0.05, 0.1) is 5.54 Å². The Morgan fingerprint density at radius 3 is 2.23 bits per heavy atom. The van der Waals surface area contributed by atoms with Gasteiger partial charge in [-0.15, -0.1) is 0 Å². The summed E-state index contributed by atoms with van der Waals surface area (Å²) in [6.45, 7) is 5.90. The molecule has 0 aromatic heterocycles. The van der Waals surface area contributed by atoms with Crippen LogP contribution in [0.5, 0.6) is 0 Å². The smallest absolute Gasteiger partial charge is 0.240 e. The number of carbonyl (C=O) groups excluding carboxylic acids is 1. The van der Waals surface area contributed by atoms with Crippen molar-refractivity contribution in [3.63, 3.8) is 0 Å². The monoisotopic (exact) mass is 184 g/mol. The van der Waals surface area contributed by atoms with Crippen LogP contribution in [0, 0.1) is 0 Å². The highest BCUT2D eigenvalue weighted by Crippen LogP contribution is 2.31. The minimum absolute atomic E-state index is 0.0607. The van der Waals surface area contributed by atoms with E-state index in [-0.39, 0.29) is 11.4 Å². The Hall–Kier alpha value is -0.570. The Morgan fingerprint density at radius 1 is 1.38 bits per heavy atom. The van der Waals surface area contributed by atoms with E-state index >= 15 is 0 Å². The quantitative estimate of drug-likeness (QED) is 0.688. The van der Waals surface area contributed by atoms with Crippen LogP contribution in [0.3, 0.4) is 0 Å². The molecular weight excluding hydrogens is 164 g/mol. The van der Waals surface area contributed by atoms with Crippen LogP contribution in [0.4, 0.5) is 0 Å². The molecule has 1 aliphatic carbocycles. The molecule has 3 heteroatoms. The van der Waals surface area contributed by atoms with Crippen molar-refractivity contribution in [3.8, 4) is 0 Å². The first-order valence-electron chi connectivity index (χ1n) is 4.91. The van der Waals surface area contributed by atoms with Gasteiger partial charge in [0, 0.05) is 5.54 Å². The maximum absolute atomic E-state index is 11.7. The topological polar surface area (TPSA) is 41.1 Å². The molecule has 1 fully saturated rings. The molecule has 0 aromatic carbocycles. The van der Waals surface area contributed by atoms with Crippen molar-refractivity contribution in [2.45, 2.75) is 51.1 Å². The first kappa shape index (κ1) is 10.5. The van der Waals surface area contributed by atoms with Gasteiger partial charge in [-0.3, -0.25) is 4.79 Å². The molecule has 0 aliphatic heterocycles. The molecule has 0 spiro atoms. The first-order valence-corrected chi connectivity index (χ1v) is 4.91. The third kappa shape index (κ3) is 2.21. The number of amides is 1. The van der Waals surface area contributed by atoms with E-state index in [1.54, 1.807) is 0 Å². The molecule has 0 aromatic rings. The van der Waals surface area contributed by atoms with Gasteiger partial charge in [-0.25, -0.2) is 0 Å². The SMILES string of the molecule is CNC(C)(C)C(=O)NC1(C)CCC1. The third-order valence-electron chi connectivity index (χ3n) is 3.07. The fraction of sp³-hybridized carbons (Fsp3) is 0.900. The highest BCUT2D eigenvalue weighted by molar-refractivity contribution is 5.86. The average Bonchev–Trinajstić information content (AvgIpc) is 2.01. The van der Waals surface area contributed by atoms with E-state index in [1.165, 1.54) is 6.42 Å². The van der Waals surface area contributed by atoms with Gasteiger partial charge >= 0.3 is 0 Å². The molecule has 2 N–H and O–H groups in total. The van der Waals surface area contributed by atoms with Crippen LogP contribution < -0.4 is 10.6 Å². The van der Waals surface area contributed by atoms with Gasteiger partial charge in [0.2, 0.25) is 5.91 Å². The molecule has 76 valence electrons. The number of hydrogen-bond donors (Lipinski definition) is 2. The van der Waals surface area contributed by atoms with Crippen molar-refractivity contribution in [1.29, 1.82) is 0 Å². The fourth-order valence-electron chi connectivity index (χ4n) is 1.38. The standard InChI is InChI=1S/C10H20N2O/c1-9(2,11-4)8(13)12-10(3)6-5-7-10/h11H,5-7H2,1-4H3,(H,12,13). The molecule has 3 nitrogen and oxygen atoms in total. The Balaban J connectivity index is 2.49. The first-order chi connectivity index (χ1) is 5.90. The zero-order valence-corrected chi connectivity index (χ0v) is 9.03. The maximum Gasteiger partial charge on any atom is 0.240 e. The summed E-state index contributed by atoms with van der Waals surface area (Å²) in [5.74, 6) is 0.0946. The molecule has 1 rings (SSSR count). The Bertz CT molecular complexity index is 207. The summed E-state index contributed by atoms with van der Waals surface area (Å²) in [4.78, 5) is 11.7. The van der Waals surface area contributed by atoms with E-state index in [9.17, 15) is 4.79 Å². The van der Waals surface area contributed by atoms with Gasteiger partial charge in [0.1, 0.15) is 0 Å². The lowest BCUT2D eigenvalue weighted by Crippen LogP contribution is -2.59. The van der Waals surface area contributed by atoms with Gasteiger partial charge in [0.15, 0.2) is 0 Å². The minimum Gasteiger partial charge on any atom is -0.349 e. The molecule has 0 atom stereocenters. The van der Waals surface area contributed by atoms with Crippen LogP contribution in [-0.2, 0) is 4.79 Å². The van der Waals surface area contributed by atoms with E-state index in [0.717, 1.165) is 12.8 Å². The Morgan fingerprint density at radius 2 is 1.92 bits per heavy atom. The molecule has 1 saturated carbocycles. The van der Waals surface area contributed by atoms with Crippen LogP contribution in [-0.4, -0.2) is 24.0 Å². The predicted molar refractivity (Wildman–Crippen MR) is 53.5 cm³/mol. The van der Waals surface area contributed by atoms with Crippen molar-refractivity contribution >= 4 is 5.91 Å². The number of rotatable bonds is 3. The maximum atomic E-state index is 11.7. The Labute approximate surface area is 80.3 Å². The highest BCUT2D eigenvalue weighted by atomic mass is 16.2. The van der Waals surface area contributed by atoms with Crippen LogP contribution in [0.15, 0.2) is 0 Å². The zero-order chi connectivity index (χ0) is 10.1. The molecule has 1 amide bonds. The zero-order valence-electron chi connectivity index (χ0n) is 9.03. The molecule has 1 aliphatic rings. The van der Waals surface area contributed by atoms with Crippen LogP contribution >= 0.6 is 0 Å². The van der Waals surface area contributed by atoms with E-state index in [4.69, 9.17) is 0 Å². The summed E-state index contributed by atoms with van der Waals surface area (Å²) in [5.41, 5.74) is -0.399. The molecule has 0 saturated heterocycles. The number of nitrogens with one attached hydrogen (secondary N) is 2. The van der Waals surface area contributed by atoms with Gasteiger partial charge in [-0.1, -0.05) is 0 Å². The van der Waals surface area contributed by atoms with Crippen molar-refractivity contribution in [1.82, 2.24) is 10.6 Å². The summed E-state index contributed by atoms with van der Waals surface area (Å²) in [6, 6.07) is 0. The van der Waals surface area contributed by atoms with Gasteiger partial charge in [-0.2, -0.15) is 0 Å². The van der Waals surface area contributed by atoms with E-state index in [0.29, 0.717) is 0 Å². The lowest BCUT2D eigenvalue weighted by Gasteiger charge is -2.41. The fourth-order valence-corrected chi connectivity index (χ4v) is 1.38. The van der Waals surface area contributed by atoms with Gasteiger partial charge in [-0.05, 0) is 47.1 Å². The van der Waals surface area contributed by atoms with Crippen molar-refractivity contribution in [2.75, 3.05) is 7.05 Å². The molecule has 0 heterocycles. The summed E-state index contributed by atoms with van der Waals surface area (Å²) < 4.78 is 0. The van der Waals surface area contributed by atoms with Crippen LogP contribution in [0.25, 0.3) is 0 Å². The van der Waals surface area contributed by atoms with Crippen molar-refractivity contribution in [2.24, 2.45) is 0 Å². The molecule has 0 radical (unpaired) electrons. The van der Waals surface area contributed by atoms with Crippen molar-refractivity contribution < 1.29 is 4.79 Å². The van der Waals surface area contributed by atoms with Gasteiger partial charge < -0.3 is 10.6 Å². The normalized spacial score (nSPS) is 20.6. The highest BCUT2D eigenvalue weighted by Gasteiger charge is 2.37. The number of carbonyl (C=O) groups is 1. The summed E-state index contributed by atoms with van der Waals surface area (Å²) in [5, 5.41) is 6.08. The van der Waals surface area contributed by atoms with E-state index in [1.807, 2.05) is 20.9 Å². The second kappa shape index (κ2) is 3.29. The minimum atomic E-state index is -0.460. The summed E-state index contributed by atoms with van der Waals surface area (Å²) in [7, 11) is 1.81. The molecule has 0 bridgehead atoms. The van der Waals surface area contributed by atoms with Gasteiger partial charge in [0.25, 0.3) is 0 Å². The summed E-state index contributed by atoms with van der Waals surface area (Å²) >= 11 is 0. The predicted octanol–water partition coefficient (Wildman–Crippen LogP) is 1.04. The lowest BCUT2D eigenvalue weighted by molar-refractivity contribution is -0.129. The molecular formula is C10H20N2O. The van der Waals surface area contributed by atoms with E-state index in [2.05, 4.69) is 17.6 Å². The van der Waals surface area contributed by atoms with Crippen LogP contribution in [0.1, 0.15) is 40.0 Å². The third-order valence-corrected chi connectivity index (χ3v) is 3.07. The second-order valence-corrected chi connectivity index (χ2v) is 4.74. The van der Waals surface area contributed by atoms with Crippen LogP contribution in [0.2, 0.25) is 0 Å².